The second kappa shape index (κ2) is 9.39. The normalized spacial score (nSPS) is 11.8. The van der Waals surface area contributed by atoms with Crippen molar-refractivity contribution in [3.8, 4) is 0 Å². The van der Waals surface area contributed by atoms with E-state index in [1.807, 2.05) is 0 Å². The molecule has 0 aromatic heterocycles. The molecule has 0 fully saturated rings. The van der Waals surface area contributed by atoms with Crippen molar-refractivity contribution in [3.63, 3.8) is 0 Å². The molecule has 0 atom stereocenters. The molecule has 0 bridgehead atoms. The zero-order valence-electron chi connectivity index (χ0n) is 8.84. The number of likely N-dealkylation sites (N-methyl/N-ethyl adjacent to an activating group) is 1. The quantitative estimate of drug-likeness (QED) is 0.409. The molecule has 1 nitrogen and oxygen atoms in total. The van der Waals surface area contributed by atoms with Gasteiger partial charge in [0.05, 0.1) is 0 Å². The first kappa shape index (κ1) is 12.3. The molecule has 0 rings (SSSR count). The van der Waals surface area contributed by atoms with Gasteiger partial charge in [0.2, 0.25) is 0 Å². The van der Waals surface area contributed by atoms with Gasteiger partial charge in [-0.3, -0.25) is 0 Å². The third-order valence-corrected chi connectivity index (χ3v) is 2.04. The van der Waals surface area contributed by atoms with Crippen molar-refractivity contribution in [1.82, 2.24) is 4.90 Å². The summed E-state index contributed by atoms with van der Waals surface area (Å²) in [6, 6.07) is 0. The van der Waals surface area contributed by atoms with Crippen molar-refractivity contribution in [2.45, 2.75) is 31.8 Å². The Morgan fingerprint density at radius 1 is 1.25 bits per heavy atom. The molecule has 0 radical (unpaired) electrons. The van der Waals surface area contributed by atoms with Crippen LogP contribution in [0.3, 0.4) is 0 Å². The molecule has 0 unspecified atom stereocenters. The van der Waals surface area contributed by atoms with Crippen LogP contribution in [0.4, 0.5) is 0 Å². The van der Waals surface area contributed by atoms with E-state index in [1.165, 1.54) is 25.9 Å². The zero-order valence-corrected chi connectivity index (χ0v) is 8.84. The second-order valence-electron chi connectivity index (χ2n) is 3.13. The molecule has 0 aromatic carbocycles. The molecule has 0 aliphatic carbocycles. The number of hydrogen-bond donors (Lipinski definition) is 0. The Labute approximate surface area is 86.4 Å². The van der Waals surface area contributed by atoms with E-state index in [1.54, 1.807) is 0 Å². The molecule has 0 aliphatic heterocycles. The minimum absolute atomic E-state index is 1.13. The van der Waals surface area contributed by atoms with Crippen molar-refractivity contribution in [2.24, 2.45) is 0 Å². The monoisotopic (exact) mass is 161 g/mol. The average Bonchev–Trinajstić information content (AvgIpc) is 2.11. The van der Waals surface area contributed by atoms with Crippen molar-refractivity contribution < 1.29 is 0 Å². The van der Waals surface area contributed by atoms with Gasteiger partial charge in [0.15, 0.2) is 0 Å². The first-order chi connectivity index (χ1) is 5.85. The van der Waals surface area contributed by atoms with Crippen LogP contribution in [0.5, 0.6) is 0 Å². The zero-order chi connectivity index (χ0) is 9.23. The molecule has 0 saturated carbocycles. The van der Waals surface area contributed by atoms with Crippen LogP contribution in [-0.4, -0.2) is 42.2 Å². The Morgan fingerprint density at radius 3 is 2.50 bits per heavy atom. The SMILES string of the molecule is [Li][CH2]C=CCN(CC)CCCC. The van der Waals surface area contributed by atoms with E-state index in [4.69, 9.17) is 0 Å². The van der Waals surface area contributed by atoms with Crippen molar-refractivity contribution in [1.29, 1.82) is 0 Å². The Hall–Kier alpha value is 0.297. The van der Waals surface area contributed by atoms with Crippen molar-refractivity contribution >= 4 is 17.7 Å². The number of rotatable bonds is 7. The van der Waals surface area contributed by atoms with E-state index in [0.717, 1.165) is 11.6 Å². The van der Waals surface area contributed by atoms with E-state index < -0.39 is 0 Å². The summed E-state index contributed by atoms with van der Waals surface area (Å²) in [5, 5.41) is 1.16. The topological polar surface area (TPSA) is 3.24 Å². The van der Waals surface area contributed by atoms with Gasteiger partial charge in [-0.1, -0.05) is 0 Å². The summed E-state index contributed by atoms with van der Waals surface area (Å²) < 4.78 is 0. The molecular formula is C10H20LiN. The molecule has 0 aliphatic rings. The molecule has 0 amide bonds. The van der Waals surface area contributed by atoms with Gasteiger partial charge in [-0.25, -0.2) is 0 Å². The van der Waals surface area contributed by atoms with Gasteiger partial charge in [0.1, 0.15) is 0 Å². The summed E-state index contributed by atoms with van der Waals surface area (Å²) >= 11 is 2.18. The van der Waals surface area contributed by atoms with Gasteiger partial charge in [-0.2, -0.15) is 0 Å². The predicted molar refractivity (Wildman–Crippen MR) is 56.7 cm³/mol. The van der Waals surface area contributed by atoms with Crippen LogP contribution in [-0.2, 0) is 0 Å². The molecule has 0 heterocycles. The van der Waals surface area contributed by atoms with Crippen molar-refractivity contribution in [2.75, 3.05) is 19.6 Å². The summed E-state index contributed by atoms with van der Waals surface area (Å²) in [7, 11) is 0. The van der Waals surface area contributed by atoms with Crippen LogP contribution in [0.1, 0.15) is 26.7 Å². The van der Waals surface area contributed by atoms with Gasteiger partial charge < -0.3 is 0 Å². The first-order valence-electron chi connectivity index (χ1n) is 5.22. The third-order valence-electron chi connectivity index (χ3n) is 2.04. The van der Waals surface area contributed by atoms with Crippen LogP contribution >= 0.6 is 0 Å². The summed E-state index contributed by atoms with van der Waals surface area (Å²) in [6.07, 6.45) is 7.15. The standard InChI is InChI=1S/C10H20N.Li/c1-4-7-9-11(6-3)10-8-5-2;/h4,7H,1,5-6,8-10H2,2-3H3;. The molecule has 0 aromatic rings. The molecule has 12 heavy (non-hydrogen) atoms. The first-order valence-corrected chi connectivity index (χ1v) is 5.22. The van der Waals surface area contributed by atoms with Crippen LogP contribution in [0.2, 0.25) is 5.09 Å². The fourth-order valence-corrected chi connectivity index (χ4v) is 1.15. The van der Waals surface area contributed by atoms with Crippen LogP contribution in [0.15, 0.2) is 12.2 Å². The van der Waals surface area contributed by atoms with E-state index in [-0.39, 0.29) is 0 Å². The molecule has 0 N–H and O–H groups in total. The predicted octanol–water partition coefficient (Wildman–Crippen LogP) is 2.25. The summed E-state index contributed by atoms with van der Waals surface area (Å²) in [5.74, 6) is 0. The summed E-state index contributed by atoms with van der Waals surface area (Å²) in [5.41, 5.74) is 0. The number of unbranched alkanes of at least 4 members (excludes halogenated alkanes) is 1. The summed E-state index contributed by atoms with van der Waals surface area (Å²) in [6.45, 7) is 8.03. The average molecular weight is 161 g/mol. The van der Waals surface area contributed by atoms with Crippen LogP contribution < -0.4 is 0 Å². The summed E-state index contributed by atoms with van der Waals surface area (Å²) in [4.78, 5) is 2.48. The van der Waals surface area contributed by atoms with Gasteiger partial charge in [-0.05, 0) is 0 Å². The fraction of sp³-hybridized carbons (Fsp3) is 0.800. The van der Waals surface area contributed by atoms with E-state index >= 15 is 0 Å². The van der Waals surface area contributed by atoms with Gasteiger partial charge in [0, 0.05) is 0 Å². The maximum atomic E-state index is 2.48. The molecule has 0 spiro atoms. The van der Waals surface area contributed by atoms with Gasteiger partial charge >= 0.3 is 86.2 Å². The van der Waals surface area contributed by atoms with Crippen LogP contribution in [0, 0.1) is 0 Å². The third kappa shape index (κ3) is 6.97. The van der Waals surface area contributed by atoms with E-state index in [0.29, 0.717) is 0 Å². The Morgan fingerprint density at radius 2 is 2.00 bits per heavy atom. The number of hydrogen-bond acceptors (Lipinski definition) is 1. The Bertz CT molecular complexity index is 112. The second-order valence-corrected chi connectivity index (χ2v) is 3.13. The Kier molecular flexibility index (Phi) is 9.62. The van der Waals surface area contributed by atoms with Gasteiger partial charge in [-0.15, -0.1) is 0 Å². The molecular weight excluding hydrogens is 141 g/mol. The van der Waals surface area contributed by atoms with Gasteiger partial charge in [0.25, 0.3) is 0 Å². The molecule has 0 saturated heterocycles. The van der Waals surface area contributed by atoms with E-state index in [2.05, 4.69) is 48.6 Å². The molecule has 66 valence electrons. The van der Waals surface area contributed by atoms with E-state index in [9.17, 15) is 0 Å². The van der Waals surface area contributed by atoms with Crippen LogP contribution in [0.25, 0.3) is 0 Å². The molecule has 2 heteroatoms. The maximum absolute atomic E-state index is 2.48. The number of nitrogens with zero attached hydrogens (tertiary/aromatic N) is 1. The Balaban J connectivity index is 3.45. The van der Waals surface area contributed by atoms with Crippen molar-refractivity contribution in [3.05, 3.63) is 12.2 Å². The number of allylic oxidation sites excluding steroid dienone is 1. The fourth-order valence-electron chi connectivity index (χ4n) is 1.15. The minimum atomic E-state index is 1.13.